The SMILES string of the molecule is CCCCCCC=CCCCCCCCC(=O)OC[C@@H](O)COP(=O)(O)O. The number of phosphoric ester groups is 1. The molecule has 0 aromatic heterocycles. The predicted octanol–water partition coefficient (Wildman–Crippen LogP) is 4.26. The molecule has 0 aromatic rings. The van der Waals surface area contributed by atoms with E-state index in [0.717, 1.165) is 32.1 Å². The first-order chi connectivity index (χ1) is 12.8. The summed E-state index contributed by atoms with van der Waals surface area (Å²) in [5.41, 5.74) is 0. The zero-order valence-electron chi connectivity index (χ0n) is 16.6. The van der Waals surface area contributed by atoms with E-state index in [9.17, 15) is 14.5 Å². The van der Waals surface area contributed by atoms with Gasteiger partial charge in [-0.15, -0.1) is 0 Å². The lowest BCUT2D eigenvalue weighted by Gasteiger charge is -2.12. The largest absolute Gasteiger partial charge is 0.469 e. The summed E-state index contributed by atoms with van der Waals surface area (Å²) in [7, 11) is -4.62. The minimum atomic E-state index is -4.62. The van der Waals surface area contributed by atoms with Gasteiger partial charge in [0.1, 0.15) is 12.7 Å². The third-order valence-electron chi connectivity index (χ3n) is 4.01. The highest BCUT2D eigenvalue weighted by Gasteiger charge is 2.17. The van der Waals surface area contributed by atoms with Gasteiger partial charge in [0.05, 0.1) is 6.61 Å². The lowest BCUT2D eigenvalue weighted by Crippen LogP contribution is -2.23. The van der Waals surface area contributed by atoms with Gasteiger partial charge in [0.2, 0.25) is 0 Å². The molecule has 0 aliphatic rings. The summed E-state index contributed by atoms with van der Waals surface area (Å²) in [6, 6.07) is 0. The quantitative estimate of drug-likeness (QED) is 0.134. The zero-order chi connectivity index (χ0) is 20.4. The summed E-state index contributed by atoms with van der Waals surface area (Å²) in [5.74, 6) is -0.420. The van der Waals surface area contributed by atoms with E-state index in [4.69, 9.17) is 14.5 Å². The molecule has 3 N–H and O–H groups in total. The molecule has 0 aliphatic heterocycles. The second kappa shape index (κ2) is 17.4. The van der Waals surface area contributed by atoms with E-state index in [1.165, 1.54) is 38.5 Å². The van der Waals surface area contributed by atoms with E-state index < -0.39 is 26.5 Å². The van der Waals surface area contributed by atoms with Crippen molar-refractivity contribution in [1.29, 1.82) is 0 Å². The maximum Gasteiger partial charge on any atom is 0.469 e. The third-order valence-corrected chi connectivity index (χ3v) is 4.50. The van der Waals surface area contributed by atoms with Crippen LogP contribution in [0.1, 0.15) is 84.0 Å². The molecule has 0 fully saturated rings. The number of esters is 1. The Balaban J connectivity index is 3.41. The van der Waals surface area contributed by atoms with E-state index >= 15 is 0 Å². The summed E-state index contributed by atoms with van der Waals surface area (Å²) < 4.78 is 19.4. The highest BCUT2D eigenvalue weighted by atomic mass is 31.2. The van der Waals surface area contributed by atoms with Gasteiger partial charge in [-0.3, -0.25) is 9.32 Å². The van der Waals surface area contributed by atoms with E-state index in [-0.39, 0.29) is 13.0 Å². The normalized spacial score (nSPS) is 13.2. The predicted molar refractivity (Wildman–Crippen MR) is 105 cm³/mol. The Morgan fingerprint density at radius 1 is 0.926 bits per heavy atom. The Bertz CT molecular complexity index is 434. The number of carbonyl (C=O) groups is 1. The Kier molecular flexibility index (Phi) is 16.9. The van der Waals surface area contributed by atoms with Gasteiger partial charge in [-0.1, -0.05) is 57.6 Å². The summed E-state index contributed by atoms with van der Waals surface area (Å²) in [6.07, 6.45) is 16.2. The van der Waals surface area contributed by atoms with Gasteiger partial charge in [-0.05, 0) is 32.1 Å². The second-order valence-electron chi connectivity index (χ2n) is 6.75. The smallest absolute Gasteiger partial charge is 0.463 e. The van der Waals surface area contributed by atoms with Crippen LogP contribution in [-0.2, 0) is 18.6 Å². The molecule has 0 unspecified atom stereocenters. The molecule has 8 heteroatoms. The first-order valence-electron chi connectivity index (χ1n) is 10.0. The summed E-state index contributed by atoms with van der Waals surface area (Å²) in [4.78, 5) is 28.5. The van der Waals surface area contributed by atoms with Gasteiger partial charge in [0.15, 0.2) is 0 Å². The molecule has 0 aliphatic carbocycles. The van der Waals surface area contributed by atoms with Crippen molar-refractivity contribution < 1.29 is 33.5 Å². The van der Waals surface area contributed by atoms with Gasteiger partial charge in [0, 0.05) is 6.42 Å². The zero-order valence-corrected chi connectivity index (χ0v) is 17.4. The number of hydrogen-bond donors (Lipinski definition) is 3. The molecule has 0 rings (SSSR count). The molecule has 0 bridgehead atoms. The molecule has 0 amide bonds. The Morgan fingerprint density at radius 3 is 2.07 bits per heavy atom. The van der Waals surface area contributed by atoms with Crippen LogP contribution in [0.4, 0.5) is 0 Å². The number of aliphatic hydroxyl groups is 1. The topological polar surface area (TPSA) is 113 Å². The van der Waals surface area contributed by atoms with Crippen molar-refractivity contribution >= 4 is 13.8 Å². The van der Waals surface area contributed by atoms with Crippen molar-refractivity contribution in [3.05, 3.63) is 12.2 Å². The van der Waals surface area contributed by atoms with Crippen molar-refractivity contribution in [3.8, 4) is 0 Å². The van der Waals surface area contributed by atoms with Gasteiger partial charge in [-0.25, -0.2) is 4.57 Å². The fraction of sp³-hybridized carbons (Fsp3) is 0.842. The first kappa shape index (κ1) is 26.3. The van der Waals surface area contributed by atoms with Crippen LogP contribution in [0.25, 0.3) is 0 Å². The summed E-state index contributed by atoms with van der Waals surface area (Å²) in [5, 5.41) is 9.39. The van der Waals surface area contributed by atoms with Gasteiger partial charge < -0.3 is 19.6 Å². The lowest BCUT2D eigenvalue weighted by atomic mass is 10.1. The number of hydrogen-bond acceptors (Lipinski definition) is 5. The lowest BCUT2D eigenvalue weighted by molar-refractivity contribution is -0.147. The molecule has 27 heavy (non-hydrogen) atoms. The average molecular weight is 408 g/mol. The van der Waals surface area contributed by atoms with Crippen LogP contribution in [0.5, 0.6) is 0 Å². The molecular formula is C19H37O7P. The highest BCUT2D eigenvalue weighted by Crippen LogP contribution is 2.35. The van der Waals surface area contributed by atoms with Gasteiger partial charge >= 0.3 is 13.8 Å². The molecule has 0 saturated heterocycles. The molecule has 7 nitrogen and oxygen atoms in total. The highest BCUT2D eigenvalue weighted by molar-refractivity contribution is 7.46. The molecular weight excluding hydrogens is 371 g/mol. The van der Waals surface area contributed by atoms with E-state index in [2.05, 4.69) is 23.6 Å². The molecule has 160 valence electrons. The molecule has 0 saturated carbocycles. The van der Waals surface area contributed by atoms with Gasteiger partial charge in [-0.2, -0.15) is 0 Å². The number of ether oxygens (including phenoxy) is 1. The third kappa shape index (κ3) is 21.4. The number of rotatable bonds is 18. The van der Waals surface area contributed by atoms with Crippen LogP contribution in [0.2, 0.25) is 0 Å². The summed E-state index contributed by atoms with van der Waals surface area (Å²) in [6.45, 7) is 1.31. The number of phosphoric acid groups is 1. The monoisotopic (exact) mass is 408 g/mol. The number of unbranched alkanes of at least 4 members (excludes halogenated alkanes) is 9. The van der Waals surface area contributed by atoms with Crippen molar-refractivity contribution in [2.24, 2.45) is 0 Å². The minimum Gasteiger partial charge on any atom is -0.463 e. The van der Waals surface area contributed by atoms with Crippen molar-refractivity contribution in [3.63, 3.8) is 0 Å². The van der Waals surface area contributed by atoms with Crippen LogP contribution in [0.3, 0.4) is 0 Å². The van der Waals surface area contributed by atoms with Crippen LogP contribution >= 0.6 is 7.82 Å². The Morgan fingerprint density at radius 2 is 1.48 bits per heavy atom. The molecule has 0 spiro atoms. The standard InChI is InChI=1S/C19H37O7P/c1-2-3-4-5-6-7-8-9-10-11-12-13-14-15-19(21)25-16-18(20)17-26-27(22,23)24/h7-8,18,20H,2-6,9-17H2,1H3,(H2,22,23,24)/t18-/m1/s1. The maximum absolute atomic E-state index is 11.5. The van der Waals surface area contributed by atoms with Crippen molar-refractivity contribution in [1.82, 2.24) is 0 Å². The number of carbonyl (C=O) groups excluding carboxylic acids is 1. The van der Waals surface area contributed by atoms with Gasteiger partial charge in [0.25, 0.3) is 0 Å². The van der Waals surface area contributed by atoms with Crippen LogP contribution in [-0.4, -0.2) is 40.2 Å². The first-order valence-corrected chi connectivity index (χ1v) is 11.6. The number of aliphatic hydroxyl groups excluding tert-OH is 1. The number of allylic oxidation sites excluding steroid dienone is 2. The Hall–Kier alpha value is -0.720. The van der Waals surface area contributed by atoms with Crippen LogP contribution in [0.15, 0.2) is 12.2 Å². The fourth-order valence-electron chi connectivity index (χ4n) is 2.48. The van der Waals surface area contributed by atoms with E-state index in [1.54, 1.807) is 0 Å². The Labute approximate surface area is 163 Å². The summed E-state index contributed by atoms with van der Waals surface area (Å²) >= 11 is 0. The van der Waals surface area contributed by atoms with E-state index in [1.807, 2.05) is 0 Å². The average Bonchev–Trinajstić information content (AvgIpc) is 2.61. The molecule has 0 heterocycles. The second-order valence-corrected chi connectivity index (χ2v) is 7.99. The van der Waals surface area contributed by atoms with E-state index in [0.29, 0.717) is 0 Å². The van der Waals surface area contributed by atoms with Crippen molar-refractivity contribution in [2.45, 2.75) is 90.1 Å². The van der Waals surface area contributed by atoms with Crippen molar-refractivity contribution in [2.75, 3.05) is 13.2 Å². The maximum atomic E-state index is 11.5. The minimum absolute atomic E-state index is 0.281. The molecule has 1 atom stereocenters. The van der Waals surface area contributed by atoms with Crippen LogP contribution < -0.4 is 0 Å². The fourth-order valence-corrected chi connectivity index (χ4v) is 2.85. The molecule has 0 radical (unpaired) electrons. The molecule has 0 aromatic carbocycles. The van der Waals surface area contributed by atoms with Crippen LogP contribution in [0, 0.1) is 0 Å².